The first kappa shape index (κ1) is 25.6. The van der Waals surface area contributed by atoms with Crippen LogP contribution in [0.5, 0.6) is 0 Å². The maximum absolute atomic E-state index is 12.9. The third-order valence-electron chi connectivity index (χ3n) is 6.92. The van der Waals surface area contributed by atoms with Crippen LogP contribution >= 0.6 is 11.8 Å². The van der Waals surface area contributed by atoms with Crippen LogP contribution in [0.3, 0.4) is 0 Å². The van der Waals surface area contributed by atoms with Gasteiger partial charge in [0.15, 0.2) is 5.84 Å². The van der Waals surface area contributed by atoms with E-state index in [1.807, 2.05) is 36.3 Å². The van der Waals surface area contributed by atoms with Gasteiger partial charge in [0.1, 0.15) is 5.04 Å². The molecular weight excluding hydrogens is 506 g/mol. The normalized spacial score (nSPS) is 18.6. The summed E-state index contributed by atoms with van der Waals surface area (Å²) in [7, 11) is 0. The van der Waals surface area contributed by atoms with Gasteiger partial charge in [-0.3, -0.25) is 25.1 Å². The van der Waals surface area contributed by atoms with Crippen molar-refractivity contribution in [3.8, 4) is 5.69 Å². The van der Waals surface area contributed by atoms with Crippen molar-refractivity contribution in [1.29, 1.82) is 5.41 Å². The van der Waals surface area contributed by atoms with Crippen molar-refractivity contribution in [3.63, 3.8) is 0 Å². The van der Waals surface area contributed by atoms with Crippen molar-refractivity contribution >= 4 is 51.4 Å². The number of aryl methyl sites for hydroxylation is 2. The minimum absolute atomic E-state index is 0.00565. The Labute approximate surface area is 223 Å². The zero-order chi connectivity index (χ0) is 27.1. The summed E-state index contributed by atoms with van der Waals surface area (Å²) in [6.45, 7) is 7.11. The molecule has 0 radical (unpaired) electrons. The van der Waals surface area contributed by atoms with E-state index in [-0.39, 0.29) is 34.6 Å². The Kier molecular flexibility index (Phi) is 6.74. The molecule has 196 valence electrons. The quantitative estimate of drug-likeness (QED) is 0.345. The van der Waals surface area contributed by atoms with Crippen LogP contribution in [0.2, 0.25) is 0 Å². The minimum Gasteiger partial charge on any atom is -0.342 e. The van der Waals surface area contributed by atoms with E-state index in [0.717, 1.165) is 61.1 Å². The van der Waals surface area contributed by atoms with Gasteiger partial charge in [0.25, 0.3) is 11.6 Å². The Morgan fingerprint density at radius 1 is 1.18 bits per heavy atom. The molecule has 11 nitrogen and oxygen atoms in total. The molecule has 1 fully saturated rings. The van der Waals surface area contributed by atoms with Gasteiger partial charge in [-0.2, -0.15) is 15.1 Å². The van der Waals surface area contributed by atoms with Crippen molar-refractivity contribution in [2.75, 3.05) is 13.1 Å². The molecule has 1 aromatic heterocycles. The number of nitro benzene ring substituents is 1. The molecule has 0 unspecified atom stereocenters. The molecule has 12 heteroatoms. The number of benzene rings is 1. The molecule has 4 heterocycles. The van der Waals surface area contributed by atoms with Crippen molar-refractivity contribution in [2.45, 2.75) is 46.5 Å². The number of aliphatic imine (C=N–C) groups is 1. The molecule has 0 atom stereocenters. The highest BCUT2D eigenvalue weighted by molar-refractivity contribution is 8.27. The maximum atomic E-state index is 12.9. The van der Waals surface area contributed by atoms with Crippen molar-refractivity contribution < 1.29 is 14.5 Å². The summed E-state index contributed by atoms with van der Waals surface area (Å²) in [6.07, 6.45) is 4.85. The topological polar surface area (TPSA) is 137 Å². The van der Waals surface area contributed by atoms with Gasteiger partial charge >= 0.3 is 0 Å². The SMILES string of the molecule is Cc1ccc([N+](=O)[O-])cc1-n1c(C)cc(C=C2C(=N)N3N=C(CC(=O)N4CCCCC4)SC3=NC2=O)c1C. The highest BCUT2D eigenvalue weighted by Crippen LogP contribution is 2.32. The van der Waals surface area contributed by atoms with E-state index in [1.54, 1.807) is 12.1 Å². The Hall–Kier alpha value is -4.06. The molecule has 0 spiro atoms. The number of amides is 2. The second kappa shape index (κ2) is 10.0. The van der Waals surface area contributed by atoms with Crippen LogP contribution in [-0.4, -0.2) is 60.4 Å². The van der Waals surface area contributed by atoms with E-state index in [2.05, 4.69) is 10.1 Å². The van der Waals surface area contributed by atoms with Crippen molar-refractivity contribution in [3.05, 3.63) is 62.5 Å². The summed E-state index contributed by atoms with van der Waals surface area (Å²) in [4.78, 5) is 42.5. The number of hydrogen-bond donors (Lipinski definition) is 1. The first-order chi connectivity index (χ1) is 18.1. The molecule has 2 aromatic rings. The molecule has 2 amide bonds. The van der Waals surface area contributed by atoms with Gasteiger partial charge in [-0.05, 0) is 75.1 Å². The number of non-ortho nitro benzene ring substituents is 1. The van der Waals surface area contributed by atoms with Gasteiger partial charge in [-0.1, -0.05) is 6.07 Å². The second-order valence-electron chi connectivity index (χ2n) is 9.52. The number of thioether (sulfide) groups is 1. The van der Waals surface area contributed by atoms with Crippen LogP contribution in [0.1, 0.15) is 48.2 Å². The van der Waals surface area contributed by atoms with Gasteiger partial charge in [0.05, 0.1) is 22.6 Å². The Bertz CT molecular complexity index is 1480. The molecule has 5 rings (SSSR count). The molecule has 1 aromatic carbocycles. The average molecular weight is 534 g/mol. The monoisotopic (exact) mass is 533 g/mol. The van der Waals surface area contributed by atoms with Crippen LogP contribution in [-0.2, 0) is 9.59 Å². The fourth-order valence-corrected chi connectivity index (χ4v) is 5.78. The zero-order valence-corrected chi connectivity index (χ0v) is 22.2. The van der Waals surface area contributed by atoms with Crippen LogP contribution in [0.25, 0.3) is 11.8 Å². The molecule has 3 aliphatic heterocycles. The predicted molar refractivity (Wildman–Crippen MR) is 147 cm³/mol. The number of piperidine rings is 1. The lowest BCUT2D eigenvalue weighted by atomic mass is 10.1. The number of fused-ring (bicyclic) bond motifs is 1. The largest absolute Gasteiger partial charge is 0.342 e. The predicted octanol–water partition coefficient (Wildman–Crippen LogP) is 4.33. The number of nitrogens with one attached hydrogen (secondary N) is 1. The summed E-state index contributed by atoms with van der Waals surface area (Å²) in [5, 5.41) is 26.5. The van der Waals surface area contributed by atoms with Gasteiger partial charge in [-0.25, -0.2) is 0 Å². The summed E-state index contributed by atoms with van der Waals surface area (Å²) in [6, 6.07) is 6.57. The number of nitrogens with zero attached hydrogens (tertiary/aromatic N) is 6. The fourth-order valence-electron chi connectivity index (χ4n) is 4.90. The number of carbonyl (C=O) groups is 2. The highest BCUT2D eigenvalue weighted by atomic mass is 32.2. The van der Waals surface area contributed by atoms with Gasteiger partial charge < -0.3 is 9.47 Å². The lowest BCUT2D eigenvalue weighted by Crippen LogP contribution is -2.36. The third kappa shape index (κ3) is 4.67. The zero-order valence-electron chi connectivity index (χ0n) is 21.4. The van der Waals surface area contributed by atoms with Gasteiger partial charge in [0, 0.05) is 36.6 Å². The van der Waals surface area contributed by atoms with E-state index >= 15 is 0 Å². The first-order valence-electron chi connectivity index (χ1n) is 12.4. The van der Waals surface area contributed by atoms with E-state index in [1.165, 1.54) is 17.1 Å². The lowest BCUT2D eigenvalue weighted by Gasteiger charge is -2.26. The molecule has 38 heavy (non-hydrogen) atoms. The first-order valence-corrected chi connectivity index (χ1v) is 13.2. The molecule has 0 bridgehead atoms. The molecular formula is C26H27N7O4S. The maximum Gasteiger partial charge on any atom is 0.283 e. The Balaban J connectivity index is 1.42. The van der Waals surface area contributed by atoms with Crippen LogP contribution in [0.4, 0.5) is 5.69 Å². The summed E-state index contributed by atoms with van der Waals surface area (Å²) in [5.74, 6) is -0.665. The van der Waals surface area contributed by atoms with E-state index < -0.39 is 10.8 Å². The number of hydrogen-bond acceptors (Lipinski definition) is 7. The molecule has 1 saturated heterocycles. The Morgan fingerprint density at radius 3 is 2.63 bits per heavy atom. The highest BCUT2D eigenvalue weighted by Gasteiger charge is 2.36. The second-order valence-corrected chi connectivity index (χ2v) is 10.6. The summed E-state index contributed by atoms with van der Waals surface area (Å²) >= 11 is 1.15. The third-order valence-corrected chi connectivity index (χ3v) is 7.83. The van der Waals surface area contributed by atoms with Gasteiger partial charge in [0.2, 0.25) is 11.1 Å². The van der Waals surface area contributed by atoms with Crippen LogP contribution in [0, 0.1) is 36.3 Å². The van der Waals surface area contributed by atoms with Crippen molar-refractivity contribution in [2.24, 2.45) is 10.1 Å². The number of hydrazone groups is 1. The van der Waals surface area contributed by atoms with E-state index in [9.17, 15) is 19.7 Å². The average Bonchev–Trinajstić information content (AvgIpc) is 3.41. The van der Waals surface area contributed by atoms with Gasteiger partial charge in [-0.15, -0.1) is 0 Å². The lowest BCUT2D eigenvalue weighted by molar-refractivity contribution is -0.384. The molecule has 1 N–H and O–H groups in total. The number of carbonyl (C=O) groups excluding carboxylic acids is 2. The molecule has 3 aliphatic rings. The van der Waals surface area contributed by atoms with Crippen LogP contribution in [0.15, 0.2) is 39.9 Å². The van der Waals surface area contributed by atoms with E-state index in [4.69, 9.17) is 5.41 Å². The molecule has 0 aliphatic carbocycles. The summed E-state index contributed by atoms with van der Waals surface area (Å²) < 4.78 is 1.90. The minimum atomic E-state index is -0.552. The van der Waals surface area contributed by atoms with E-state index in [0.29, 0.717) is 16.3 Å². The fraction of sp³-hybridized carbons (Fsp3) is 0.346. The number of rotatable bonds is 5. The Morgan fingerprint density at radius 2 is 1.92 bits per heavy atom. The number of likely N-dealkylation sites (tertiary alicyclic amines) is 1. The number of aromatic nitrogens is 1. The standard InChI is InChI=1S/C26H27N7O4S/c1-15-7-8-19(33(36)37)13-21(15)31-16(2)11-18(17(31)3)12-20-24(27)32-26(28-25(20)35)38-22(29-32)14-23(34)30-9-5-4-6-10-30/h7-8,11-13,27H,4-6,9-10,14H2,1-3H3. The van der Waals surface area contributed by atoms with Crippen LogP contribution < -0.4 is 0 Å². The number of nitro groups is 1. The number of amidine groups is 2. The summed E-state index contributed by atoms with van der Waals surface area (Å²) in [5.41, 5.74) is 3.89. The van der Waals surface area contributed by atoms with Crippen molar-refractivity contribution in [1.82, 2.24) is 14.5 Å². The molecule has 0 saturated carbocycles. The smallest absolute Gasteiger partial charge is 0.283 e.